The van der Waals surface area contributed by atoms with Gasteiger partial charge in [-0.2, -0.15) is 0 Å². The zero-order chi connectivity index (χ0) is 17.9. The highest BCUT2D eigenvalue weighted by molar-refractivity contribution is 4.67. The van der Waals surface area contributed by atoms with E-state index in [4.69, 9.17) is 0 Å². The Hall–Kier alpha value is 0. The van der Waals surface area contributed by atoms with E-state index in [9.17, 15) is 0 Å². The van der Waals surface area contributed by atoms with Crippen molar-refractivity contribution in [1.29, 1.82) is 0 Å². The van der Waals surface area contributed by atoms with E-state index in [1.807, 2.05) is 0 Å². The van der Waals surface area contributed by atoms with Gasteiger partial charge in [-0.15, -0.1) is 0 Å². The smallest absolute Gasteiger partial charge is 0 e. The van der Waals surface area contributed by atoms with Crippen molar-refractivity contribution in [2.24, 2.45) is 35.5 Å². The molecule has 0 atom stereocenters. The fourth-order valence-corrected chi connectivity index (χ4v) is 4.28. The van der Waals surface area contributed by atoms with Crippen LogP contribution in [0.1, 0.15) is 120 Å². The first-order valence-corrected chi connectivity index (χ1v) is 11.4. The monoisotopic (exact) mass is 338 g/mol. The summed E-state index contributed by atoms with van der Waals surface area (Å²) >= 11 is 0. The molecule has 0 aromatic rings. The Morgan fingerprint density at radius 2 is 0.375 bits per heavy atom. The van der Waals surface area contributed by atoms with E-state index in [0.717, 1.165) is 35.5 Å². The summed E-state index contributed by atoms with van der Waals surface area (Å²) in [7, 11) is 0. The quantitative estimate of drug-likeness (QED) is 0.414. The van der Waals surface area contributed by atoms with Gasteiger partial charge >= 0.3 is 0 Å². The highest BCUT2D eigenvalue weighted by Crippen LogP contribution is 2.28. The van der Waals surface area contributed by atoms with Gasteiger partial charge in [0, 0.05) is 1.43 Å². The average molecular weight is 339 g/mol. The summed E-state index contributed by atoms with van der Waals surface area (Å²) in [5.74, 6) is 6.12. The molecule has 3 aliphatic rings. The molecule has 0 heteroatoms. The van der Waals surface area contributed by atoms with Gasteiger partial charge in [-0.1, -0.05) is 119 Å². The predicted octanol–water partition coefficient (Wildman–Crippen LogP) is 8.74. The molecule has 0 bridgehead atoms. The molecule has 0 unspecified atom stereocenters. The lowest BCUT2D eigenvalue weighted by molar-refractivity contribution is 0.308. The lowest BCUT2D eigenvalue weighted by Gasteiger charge is -2.22. The molecule has 0 heterocycles. The van der Waals surface area contributed by atoms with Crippen LogP contribution in [0.25, 0.3) is 0 Å². The van der Waals surface area contributed by atoms with Gasteiger partial charge in [-0.05, 0) is 35.5 Å². The molecule has 0 nitrogen and oxygen atoms in total. The second-order valence-electron chi connectivity index (χ2n) is 10.1. The normalized spacial score (nSPS) is 39.8. The van der Waals surface area contributed by atoms with Crippen LogP contribution in [0.3, 0.4) is 0 Å². The Morgan fingerprint density at radius 1 is 0.292 bits per heavy atom. The second kappa shape index (κ2) is 12.4. The lowest BCUT2D eigenvalue weighted by Crippen LogP contribution is -2.08. The third-order valence-corrected chi connectivity index (χ3v) is 6.91. The first-order chi connectivity index (χ1) is 11.4. The van der Waals surface area contributed by atoms with Crippen LogP contribution in [0.15, 0.2) is 0 Å². The second-order valence-corrected chi connectivity index (χ2v) is 10.1. The molecule has 24 heavy (non-hydrogen) atoms. The molecule has 0 aliphatic heterocycles. The summed E-state index contributed by atoms with van der Waals surface area (Å²) in [5.41, 5.74) is 0. The Labute approximate surface area is 156 Å². The Balaban J connectivity index is 0.000000339. The van der Waals surface area contributed by atoms with Gasteiger partial charge in [-0.3, -0.25) is 0 Å². The standard InChI is InChI=1S/3C8H16.H2/c3*1-7-3-5-8(2)6-4-7;/h3*7-8H,3-6H2,1-2H3;1H. The summed E-state index contributed by atoms with van der Waals surface area (Å²) < 4.78 is 0. The molecule has 0 aromatic heterocycles. The van der Waals surface area contributed by atoms with Gasteiger partial charge < -0.3 is 0 Å². The van der Waals surface area contributed by atoms with E-state index in [-0.39, 0.29) is 1.43 Å². The van der Waals surface area contributed by atoms with Crippen molar-refractivity contribution in [3.63, 3.8) is 0 Å². The number of hydrogen-bond donors (Lipinski definition) is 0. The van der Waals surface area contributed by atoms with Crippen LogP contribution in [0.2, 0.25) is 0 Å². The SMILES string of the molecule is CC1CCC(C)CC1.CC1CCC(C)CC1.CC1CCC(C)CC1.[HH]. The minimum atomic E-state index is 0. The molecule has 0 radical (unpaired) electrons. The lowest BCUT2D eigenvalue weighted by atomic mass is 9.84. The topological polar surface area (TPSA) is 0 Å². The van der Waals surface area contributed by atoms with Gasteiger partial charge in [-0.25, -0.2) is 0 Å². The van der Waals surface area contributed by atoms with Crippen molar-refractivity contribution in [2.75, 3.05) is 0 Å². The maximum atomic E-state index is 2.37. The summed E-state index contributed by atoms with van der Waals surface area (Å²) in [6, 6.07) is 0. The molecule has 3 aliphatic carbocycles. The van der Waals surface area contributed by atoms with Crippen molar-refractivity contribution in [3.05, 3.63) is 0 Å². The Kier molecular flexibility index (Phi) is 11.4. The maximum absolute atomic E-state index is 2.37. The Bertz CT molecular complexity index is 199. The largest absolute Gasteiger partial charge is 0.0625 e. The number of rotatable bonds is 0. The van der Waals surface area contributed by atoms with Crippen molar-refractivity contribution < 1.29 is 1.43 Å². The summed E-state index contributed by atoms with van der Waals surface area (Å²) in [4.78, 5) is 0. The maximum Gasteiger partial charge on any atom is 0 e. The van der Waals surface area contributed by atoms with Gasteiger partial charge in [0.1, 0.15) is 0 Å². The Morgan fingerprint density at radius 3 is 0.458 bits per heavy atom. The molecular weight excluding hydrogens is 288 g/mol. The van der Waals surface area contributed by atoms with Crippen molar-refractivity contribution in [1.82, 2.24) is 0 Å². The van der Waals surface area contributed by atoms with Crippen LogP contribution in [0.4, 0.5) is 0 Å². The fraction of sp³-hybridized carbons (Fsp3) is 1.00. The molecule has 0 N–H and O–H groups in total. The summed E-state index contributed by atoms with van der Waals surface area (Å²) in [6.45, 7) is 14.2. The number of hydrogen-bond acceptors (Lipinski definition) is 0. The first kappa shape index (κ1) is 22.0. The fourth-order valence-electron chi connectivity index (χ4n) is 4.28. The summed E-state index contributed by atoms with van der Waals surface area (Å²) in [6.07, 6.45) is 17.7. The van der Waals surface area contributed by atoms with E-state index >= 15 is 0 Å². The highest BCUT2D eigenvalue weighted by Gasteiger charge is 2.14. The molecule has 3 rings (SSSR count). The van der Waals surface area contributed by atoms with Gasteiger partial charge in [0.25, 0.3) is 0 Å². The van der Waals surface area contributed by atoms with Crippen molar-refractivity contribution in [3.8, 4) is 0 Å². The molecular formula is C24H50. The van der Waals surface area contributed by atoms with Crippen LogP contribution in [0.5, 0.6) is 0 Å². The molecule has 3 fully saturated rings. The van der Waals surface area contributed by atoms with Gasteiger partial charge in [0.05, 0.1) is 0 Å². The minimum Gasteiger partial charge on any atom is -0.0625 e. The third kappa shape index (κ3) is 10.8. The van der Waals surface area contributed by atoms with Crippen LogP contribution in [-0.4, -0.2) is 0 Å². The molecule has 3 saturated carbocycles. The van der Waals surface area contributed by atoms with Gasteiger partial charge in [0.15, 0.2) is 0 Å². The molecule has 146 valence electrons. The van der Waals surface area contributed by atoms with Gasteiger partial charge in [0.2, 0.25) is 0 Å². The zero-order valence-electron chi connectivity index (χ0n) is 17.9. The predicted molar refractivity (Wildman–Crippen MR) is 113 cm³/mol. The zero-order valence-corrected chi connectivity index (χ0v) is 17.9. The molecule has 0 spiro atoms. The molecule has 0 aromatic carbocycles. The third-order valence-electron chi connectivity index (χ3n) is 6.91. The van der Waals surface area contributed by atoms with E-state index in [1.165, 1.54) is 77.0 Å². The first-order valence-electron chi connectivity index (χ1n) is 11.4. The highest BCUT2D eigenvalue weighted by atomic mass is 14.2. The summed E-state index contributed by atoms with van der Waals surface area (Å²) in [5, 5.41) is 0. The average Bonchev–Trinajstić information content (AvgIpc) is 2.57. The van der Waals surface area contributed by atoms with Crippen LogP contribution < -0.4 is 0 Å². The van der Waals surface area contributed by atoms with Crippen LogP contribution in [0, 0.1) is 35.5 Å². The van der Waals surface area contributed by atoms with E-state index in [2.05, 4.69) is 41.5 Å². The van der Waals surface area contributed by atoms with Crippen molar-refractivity contribution in [2.45, 2.75) is 119 Å². The molecule has 0 amide bonds. The minimum absolute atomic E-state index is 0. The van der Waals surface area contributed by atoms with E-state index in [0.29, 0.717) is 0 Å². The van der Waals surface area contributed by atoms with Crippen LogP contribution in [-0.2, 0) is 0 Å². The molecule has 0 saturated heterocycles. The van der Waals surface area contributed by atoms with E-state index in [1.54, 1.807) is 0 Å². The van der Waals surface area contributed by atoms with Crippen LogP contribution >= 0.6 is 0 Å². The van der Waals surface area contributed by atoms with E-state index < -0.39 is 0 Å². The van der Waals surface area contributed by atoms with Crippen molar-refractivity contribution >= 4 is 0 Å².